The molecule has 0 aliphatic heterocycles. The van der Waals surface area contributed by atoms with Gasteiger partial charge in [0.1, 0.15) is 4.88 Å². The van der Waals surface area contributed by atoms with E-state index in [0.717, 1.165) is 17.4 Å². The fourth-order valence-electron chi connectivity index (χ4n) is 0.730. The van der Waals surface area contributed by atoms with E-state index in [0.29, 0.717) is 4.88 Å². The zero-order valence-electron chi connectivity index (χ0n) is 6.22. The van der Waals surface area contributed by atoms with Gasteiger partial charge >= 0.3 is 6.18 Å². The Bertz CT molecular complexity index is 262. The van der Waals surface area contributed by atoms with Crippen molar-refractivity contribution < 1.29 is 13.2 Å². The van der Waals surface area contributed by atoms with Crippen molar-refractivity contribution in [2.24, 2.45) is 0 Å². The number of hydrogen-bond donors (Lipinski definition) is 1. The molecule has 0 aliphatic carbocycles. The van der Waals surface area contributed by atoms with Crippen LogP contribution in [0.2, 0.25) is 0 Å². The zero-order valence-corrected chi connectivity index (χ0v) is 7.93. The molecule has 0 aromatic carbocycles. The van der Waals surface area contributed by atoms with Gasteiger partial charge in [0.2, 0.25) is 0 Å². The van der Waals surface area contributed by atoms with Crippen LogP contribution in [-0.2, 0) is 6.18 Å². The summed E-state index contributed by atoms with van der Waals surface area (Å²) < 4.78 is 36.2. The van der Waals surface area contributed by atoms with Crippen molar-refractivity contribution in [1.29, 1.82) is 0 Å². The number of halogens is 3. The first kappa shape index (κ1) is 9.92. The third-order valence-electron chi connectivity index (χ3n) is 1.32. The minimum atomic E-state index is -4.22. The first-order valence-corrected chi connectivity index (χ1v) is 4.59. The SMILES string of the molecule is CC(S)c1ccc(C(F)(F)F)s1. The topological polar surface area (TPSA) is 0 Å². The highest BCUT2D eigenvalue weighted by Crippen LogP contribution is 2.37. The molecule has 1 rings (SSSR count). The third-order valence-corrected chi connectivity index (χ3v) is 3.08. The van der Waals surface area contributed by atoms with Crippen LogP contribution in [0.15, 0.2) is 12.1 Å². The minimum absolute atomic E-state index is 0.133. The highest BCUT2D eigenvalue weighted by Gasteiger charge is 2.32. The first-order chi connectivity index (χ1) is 5.41. The van der Waals surface area contributed by atoms with E-state index < -0.39 is 11.1 Å². The van der Waals surface area contributed by atoms with Gasteiger partial charge in [-0.05, 0) is 19.1 Å². The Morgan fingerprint density at radius 1 is 1.42 bits per heavy atom. The molecule has 1 aromatic rings. The number of thiol groups is 1. The van der Waals surface area contributed by atoms with E-state index in [2.05, 4.69) is 12.6 Å². The van der Waals surface area contributed by atoms with Crippen LogP contribution in [0.25, 0.3) is 0 Å². The van der Waals surface area contributed by atoms with Gasteiger partial charge in [-0.15, -0.1) is 11.3 Å². The van der Waals surface area contributed by atoms with Crippen molar-refractivity contribution in [3.8, 4) is 0 Å². The van der Waals surface area contributed by atoms with Crippen molar-refractivity contribution in [2.45, 2.75) is 18.3 Å². The van der Waals surface area contributed by atoms with Crippen molar-refractivity contribution in [2.75, 3.05) is 0 Å². The van der Waals surface area contributed by atoms with Gasteiger partial charge in [0, 0.05) is 10.1 Å². The maximum Gasteiger partial charge on any atom is 0.425 e. The Kier molecular flexibility index (Phi) is 2.73. The quantitative estimate of drug-likeness (QED) is 0.673. The van der Waals surface area contributed by atoms with Gasteiger partial charge in [0.15, 0.2) is 0 Å². The second kappa shape index (κ2) is 3.30. The van der Waals surface area contributed by atoms with E-state index in [1.54, 1.807) is 6.92 Å². The molecule has 0 spiro atoms. The Morgan fingerprint density at radius 2 is 2.00 bits per heavy atom. The van der Waals surface area contributed by atoms with Crippen molar-refractivity contribution in [3.05, 3.63) is 21.9 Å². The number of hydrogen-bond acceptors (Lipinski definition) is 2. The van der Waals surface area contributed by atoms with Gasteiger partial charge in [-0.2, -0.15) is 25.8 Å². The number of thiophene rings is 1. The molecule has 0 saturated heterocycles. The van der Waals surface area contributed by atoms with Crippen LogP contribution < -0.4 is 0 Å². The molecule has 0 fully saturated rings. The molecule has 5 heteroatoms. The average Bonchev–Trinajstić information content (AvgIpc) is 2.30. The third kappa shape index (κ3) is 2.17. The van der Waals surface area contributed by atoms with E-state index in [1.807, 2.05) is 0 Å². The largest absolute Gasteiger partial charge is 0.425 e. The Balaban J connectivity index is 2.92. The van der Waals surface area contributed by atoms with Crippen molar-refractivity contribution >= 4 is 24.0 Å². The molecule has 68 valence electrons. The maximum absolute atomic E-state index is 12.1. The molecule has 1 unspecified atom stereocenters. The highest BCUT2D eigenvalue weighted by molar-refractivity contribution is 7.80. The summed E-state index contributed by atoms with van der Waals surface area (Å²) in [6, 6.07) is 2.55. The monoisotopic (exact) mass is 212 g/mol. The van der Waals surface area contributed by atoms with Crippen LogP contribution in [0.5, 0.6) is 0 Å². The lowest BCUT2D eigenvalue weighted by atomic mass is 10.3. The van der Waals surface area contributed by atoms with Crippen LogP contribution in [0.3, 0.4) is 0 Å². The van der Waals surface area contributed by atoms with Crippen molar-refractivity contribution in [1.82, 2.24) is 0 Å². The van der Waals surface area contributed by atoms with Crippen LogP contribution in [0.4, 0.5) is 13.2 Å². The first-order valence-electron chi connectivity index (χ1n) is 3.26. The molecule has 0 saturated carbocycles. The Morgan fingerprint density at radius 3 is 2.25 bits per heavy atom. The molecule has 1 aromatic heterocycles. The van der Waals surface area contributed by atoms with Gasteiger partial charge in [-0.25, -0.2) is 0 Å². The maximum atomic E-state index is 12.1. The molecule has 0 radical (unpaired) electrons. The van der Waals surface area contributed by atoms with E-state index in [-0.39, 0.29) is 5.25 Å². The molecule has 0 amide bonds. The molecule has 12 heavy (non-hydrogen) atoms. The molecule has 1 heterocycles. The summed E-state index contributed by atoms with van der Waals surface area (Å²) in [5.74, 6) is 0. The van der Waals surface area contributed by atoms with Crippen LogP contribution >= 0.6 is 24.0 Å². The van der Waals surface area contributed by atoms with Gasteiger partial charge < -0.3 is 0 Å². The van der Waals surface area contributed by atoms with Crippen LogP contribution in [-0.4, -0.2) is 0 Å². The predicted molar refractivity (Wildman–Crippen MR) is 46.7 cm³/mol. The molecular formula is C7H7F3S2. The molecule has 0 nitrogen and oxygen atoms in total. The van der Waals surface area contributed by atoms with Crippen LogP contribution in [0, 0.1) is 0 Å². The van der Waals surface area contributed by atoms with Gasteiger partial charge in [-0.1, -0.05) is 0 Å². The lowest BCUT2D eigenvalue weighted by Crippen LogP contribution is -2.00. The Hall–Kier alpha value is -0.160. The van der Waals surface area contributed by atoms with E-state index >= 15 is 0 Å². The summed E-state index contributed by atoms with van der Waals surface area (Å²) >= 11 is 4.79. The Labute approximate surface area is 77.8 Å². The lowest BCUT2D eigenvalue weighted by Gasteiger charge is -2.01. The van der Waals surface area contributed by atoms with E-state index in [4.69, 9.17) is 0 Å². The fourth-order valence-corrected chi connectivity index (χ4v) is 1.79. The summed E-state index contributed by atoms with van der Waals surface area (Å²) in [7, 11) is 0. The average molecular weight is 212 g/mol. The summed E-state index contributed by atoms with van der Waals surface area (Å²) in [4.78, 5) is 0.0871. The second-order valence-electron chi connectivity index (χ2n) is 2.38. The van der Waals surface area contributed by atoms with Crippen molar-refractivity contribution in [3.63, 3.8) is 0 Å². The standard InChI is InChI=1S/C7H7F3S2/c1-4(11)5-2-3-6(12-5)7(8,9)10/h2-4,11H,1H3. The highest BCUT2D eigenvalue weighted by atomic mass is 32.1. The van der Waals surface area contributed by atoms with Gasteiger partial charge in [-0.3, -0.25) is 0 Å². The molecular weight excluding hydrogens is 205 g/mol. The second-order valence-corrected chi connectivity index (χ2v) is 4.27. The molecule has 0 aliphatic rings. The summed E-state index contributed by atoms with van der Waals surface area (Å²) in [5, 5.41) is -0.133. The fraction of sp³-hybridized carbons (Fsp3) is 0.429. The summed E-state index contributed by atoms with van der Waals surface area (Å²) in [6.07, 6.45) is -4.22. The van der Waals surface area contributed by atoms with Crippen LogP contribution in [0.1, 0.15) is 21.9 Å². The van der Waals surface area contributed by atoms with Gasteiger partial charge in [0.25, 0.3) is 0 Å². The van der Waals surface area contributed by atoms with Gasteiger partial charge in [0.05, 0.1) is 0 Å². The zero-order chi connectivity index (χ0) is 9.35. The summed E-state index contributed by atoms with van der Waals surface area (Å²) in [5.41, 5.74) is 0. The molecule has 0 N–H and O–H groups in total. The number of rotatable bonds is 1. The van der Waals surface area contributed by atoms with E-state index in [1.165, 1.54) is 6.07 Å². The predicted octanol–water partition coefficient (Wildman–Crippen LogP) is 3.76. The summed E-state index contributed by atoms with van der Waals surface area (Å²) in [6.45, 7) is 1.75. The molecule has 0 bridgehead atoms. The smallest absolute Gasteiger partial charge is 0.171 e. The minimum Gasteiger partial charge on any atom is -0.171 e. The molecule has 1 atom stereocenters. The van der Waals surface area contributed by atoms with E-state index in [9.17, 15) is 13.2 Å². The normalized spacial score (nSPS) is 14.8. The lowest BCUT2D eigenvalue weighted by molar-refractivity contribution is -0.134. The number of alkyl halides is 3.